The van der Waals surface area contributed by atoms with Crippen LogP contribution in [-0.4, -0.2) is 38.9 Å². The van der Waals surface area contributed by atoms with E-state index in [0.717, 1.165) is 42.6 Å². The lowest BCUT2D eigenvalue weighted by atomic mass is 9.72. The summed E-state index contributed by atoms with van der Waals surface area (Å²) in [5, 5.41) is 2.78. The van der Waals surface area contributed by atoms with Crippen LogP contribution in [0.25, 0.3) is 0 Å². The summed E-state index contributed by atoms with van der Waals surface area (Å²) in [4.78, 5) is 27.6. The van der Waals surface area contributed by atoms with E-state index in [0.29, 0.717) is 17.9 Å². The zero-order chi connectivity index (χ0) is 27.0. The Morgan fingerprint density at radius 1 is 1.00 bits per heavy atom. The first-order valence-electron chi connectivity index (χ1n) is 12.9. The molecule has 2 aromatic rings. The molecule has 2 amide bonds. The van der Waals surface area contributed by atoms with Crippen LogP contribution in [0.15, 0.2) is 60.3 Å². The Balaban J connectivity index is 2.04. The number of nitrogens with one attached hydrogen (secondary N) is 1. The van der Waals surface area contributed by atoms with E-state index >= 15 is 0 Å². The molecule has 0 heterocycles. The Morgan fingerprint density at radius 2 is 1.59 bits per heavy atom. The highest BCUT2D eigenvalue weighted by Gasteiger charge is 2.32. The first kappa shape index (κ1) is 28.1. The van der Waals surface area contributed by atoms with Gasteiger partial charge in [0.05, 0.1) is 19.9 Å². The number of carbonyl (C=O) groups is 2. The average Bonchev–Trinajstić information content (AvgIpc) is 2.89. The van der Waals surface area contributed by atoms with Crippen LogP contribution in [-0.2, 0) is 9.53 Å². The minimum atomic E-state index is -0.642. The molecule has 7 nitrogen and oxygen atoms in total. The van der Waals surface area contributed by atoms with Crippen molar-refractivity contribution in [1.82, 2.24) is 5.32 Å². The minimum Gasteiger partial charge on any atom is -0.497 e. The van der Waals surface area contributed by atoms with E-state index in [1.807, 2.05) is 75.5 Å². The first-order chi connectivity index (χ1) is 17.6. The highest BCUT2D eigenvalue weighted by Crippen LogP contribution is 2.42. The van der Waals surface area contributed by atoms with Crippen LogP contribution in [0.3, 0.4) is 0 Å². The molecule has 2 aromatic carbocycles. The number of nitrogens with zero attached hydrogens (tertiary/aromatic N) is 1. The molecule has 0 saturated heterocycles. The second kappa shape index (κ2) is 12.7. The molecule has 0 bridgehead atoms. The number of hydrogen-bond acceptors (Lipinski definition) is 5. The van der Waals surface area contributed by atoms with Crippen molar-refractivity contribution in [2.45, 2.75) is 64.4 Å². The Hall–Kier alpha value is -3.48. The van der Waals surface area contributed by atoms with Gasteiger partial charge in [0.1, 0.15) is 17.1 Å². The van der Waals surface area contributed by atoms with Crippen molar-refractivity contribution in [3.63, 3.8) is 0 Å². The third kappa shape index (κ3) is 7.75. The molecular weight excluding hydrogens is 468 g/mol. The largest absolute Gasteiger partial charge is 0.497 e. The SMILES string of the molecule is CNC(=O)C[C@@H](c1ccc(OC)cc1)[C@@H]1CCCC/C1=C/N(C(=O)OC(C)(C)C)c1ccc(OC)cc1. The highest BCUT2D eigenvalue weighted by atomic mass is 16.6. The smallest absolute Gasteiger partial charge is 0.418 e. The van der Waals surface area contributed by atoms with Crippen molar-refractivity contribution in [1.29, 1.82) is 0 Å². The number of benzene rings is 2. The first-order valence-corrected chi connectivity index (χ1v) is 12.9. The van der Waals surface area contributed by atoms with Gasteiger partial charge in [-0.15, -0.1) is 0 Å². The summed E-state index contributed by atoms with van der Waals surface area (Å²) in [5.74, 6) is 1.54. The van der Waals surface area contributed by atoms with Gasteiger partial charge in [-0.3, -0.25) is 9.69 Å². The number of hydrogen-bond donors (Lipinski definition) is 1. The van der Waals surface area contributed by atoms with Crippen LogP contribution in [0, 0.1) is 5.92 Å². The molecule has 0 aromatic heterocycles. The molecule has 2 atom stereocenters. The van der Waals surface area contributed by atoms with E-state index in [4.69, 9.17) is 14.2 Å². The monoisotopic (exact) mass is 508 g/mol. The standard InChI is InChI=1S/C30H40N2O5/c1-30(2,3)37-29(34)32(23-13-17-25(36-6)18-14-23)20-22-9-7-8-10-26(22)27(19-28(33)31-4)21-11-15-24(35-5)16-12-21/h11-18,20,26-27H,7-10,19H2,1-6H3,(H,31,33)/b22-20-/t26-,27+/m1/s1. The van der Waals surface area contributed by atoms with Gasteiger partial charge in [-0.2, -0.15) is 0 Å². The molecule has 0 spiro atoms. The molecule has 1 fully saturated rings. The molecule has 1 aliphatic carbocycles. The van der Waals surface area contributed by atoms with Crippen molar-refractivity contribution in [3.8, 4) is 11.5 Å². The average molecular weight is 509 g/mol. The van der Waals surface area contributed by atoms with Crippen molar-refractivity contribution in [2.75, 3.05) is 26.2 Å². The number of rotatable bonds is 8. The van der Waals surface area contributed by atoms with Crippen LogP contribution in [0.5, 0.6) is 11.5 Å². The van der Waals surface area contributed by atoms with Crippen molar-refractivity contribution in [3.05, 3.63) is 65.9 Å². The number of carbonyl (C=O) groups excluding carboxylic acids is 2. The second-order valence-corrected chi connectivity index (χ2v) is 10.4. The summed E-state index contributed by atoms with van der Waals surface area (Å²) in [7, 11) is 4.92. The topological polar surface area (TPSA) is 77.1 Å². The quantitative estimate of drug-likeness (QED) is 0.444. The number of ether oxygens (including phenoxy) is 3. The molecule has 0 aliphatic heterocycles. The second-order valence-electron chi connectivity index (χ2n) is 10.4. The van der Waals surface area contributed by atoms with Crippen molar-refractivity contribution < 1.29 is 23.8 Å². The van der Waals surface area contributed by atoms with Crippen LogP contribution >= 0.6 is 0 Å². The van der Waals surface area contributed by atoms with Crippen molar-refractivity contribution in [2.24, 2.45) is 5.92 Å². The fourth-order valence-electron chi connectivity index (χ4n) is 4.78. The maximum atomic E-state index is 13.4. The summed E-state index contributed by atoms with van der Waals surface area (Å²) in [6.45, 7) is 5.57. The number of allylic oxidation sites excluding steroid dienone is 1. The summed E-state index contributed by atoms with van der Waals surface area (Å²) < 4.78 is 16.4. The molecular formula is C30H40N2O5. The normalized spacial score (nSPS) is 17.6. The maximum absolute atomic E-state index is 13.4. The lowest BCUT2D eigenvalue weighted by Crippen LogP contribution is -2.35. The van der Waals surface area contributed by atoms with E-state index in [9.17, 15) is 9.59 Å². The lowest BCUT2D eigenvalue weighted by molar-refractivity contribution is -0.121. The molecule has 1 N–H and O–H groups in total. The fourth-order valence-corrected chi connectivity index (χ4v) is 4.78. The van der Waals surface area contributed by atoms with Crippen LogP contribution in [0.2, 0.25) is 0 Å². The molecule has 3 rings (SSSR count). The molecule has 7 heteroatoms. The lowest BCUT2D eigenvalue weighted by Gasteiger charge is -2.34. The fraction of sp³-hybridized carbons (Fsp3) is 0.467. The van der Waals surface area contributed by atoms with Gasteiger partial charge >= 0.3 is 6.09 Å². The zero-order valence-electron chi connectivity index (χ0n) is 22.9. The molecule has 0 unspecified atom stereocenters. The molecule has 1 aliphatic rings. The number of methoxy groups -OCH3 is 2. The Kier molecular flexibility index (Phi) is 9.61. The molecule has 1 saturated carbocycles. The maximum Gasteiger partial charge on any atom is 0.418 e. The van der Waals surface area contributed by atoms with E-state index in [-0.39, 0.29) is 17.7 Å². The number of anilines is 1. The predicted molar refractivity (Wildman–Crippen MR) is 146 cm³/mol. The van der Waals surface area contributed by atoms with Gasteiger partial charge in [0.2, 0.25) is 5.91 Å². The Morgan fingerprint density at radius 3 is 2.14 bits per heavy atom. The summed E-state index contributed by atoms with van der Waals surface area (Å²) in [6, 6.07) is 15.3. The van der Waals surface area contributed by atoms with Gasteiger partial charge in [-0.25, -0.2) is 4.79 Å². The van der Waals surface area contributed by atoms with Crippen molar-refractivity contribution >= 4 is 17.7 Å². The van der Waals surface area contributed by atoms with Crippen LogP contribution in [0.4, 0.5) is 10.5 Å². The van der Waals surface area contributed by atoms with Crippen LogP contribution in [0.1, 0.15) is 64.4 Å². The Bertz CT molecular complexity index is 1070. The highest BCUT2D eigenvalue weighted by molar-refractivity contribution is 5.90. The summed E-state index contributed by atoms with van der Waals surface area (Å²) in [6.07, 6.45) is 5.73. The van der Waals surface area contributed by atoms with Gasteiger partial charge in [0.25, 0.3) is 0 Å². The van der Waals surface area contributed by atoms with Gasteiger partial charge < -0.3 is 19.5 Å². The van der Waals surface area contributed by atoms with Gasteiger partial charge in [-0.05, 0) is 99.4 Å². The molecule has 200 valence electrons. The van der Waals surface area contributed by atoms with E-state index in [1.54, 1.807) is 26.2 Å². The van der Waals surface area contributed by atoms with Gasteiger partial charge in [0.15, 0.2) is 0 Å². The minimum absolute atomic E-state index is 0.00936. The van der Waals surface area contributed by atoms with E-state index < -0.39 is 11.7 Å². The van der Waals surface area contributed by atoms with Gasteiger partial charge in [0, 0.05) is 19.7 Å². The van der Waals surface area contributed by atoms with Gasteiger partial charge in [-0.1, -0.05) is 18.6 Å². The Labute approximate surface area is 220 Å². The molecule has 0 radical (unpaired) electrons. The zero-order valence-corrected chi connectivity index (χ0v) is 22.9. The summed E-state index contributed by atoms with van der Waals surface area (Å²) in [5.41, 5.74) is 2.27. The molecule has 37 heavy (non-hydrogen) atoms. The third-order valence-corrected chi connectivity index (χ3v) is 6.66. The summed E-state index contributed by atoms with van der Waals surface area (Å²) >= 11 is 0. The van der Waals surface area contributed by atoms with Crippen LogP contribution < -0.4 is 19.7 Å². The number of amides is 2. The van der Waals surface area contributed by atoms with E-state index in [2.05, 4.69) is 5.32 Å². The van der Waals surface area contributed by atoms with E-state index in [1.165, 1.54) is 0 Å². The predicted octanol–water partition coefficient (Wildman–Crippen LogP) is 6.44. The third-order valence-electron chi connectivity index (χ3n) is 6.66.